The molecule has 28 heavy (non-hydrogen) atoms. The predicted molar refractivity (Wildman–Crippen MR) is 114 cm³/mol. The van der Waals surface area contributed by atoms with Gasteiger partial charge in [0.25, 0.3) is 5.91 Å². The summed E-state index contributed by atoms with van der Waals surface area (Å²) in [5.74, 6) is 0.524. The fourth-order valence-corrected chi connectivity index (χ4v) is 3.82. The third kappa shape index (κ3) is 4.55. The zero-order valence-corrected chi connectivity index (χ0v) is 17.8. The average Bonchev–Trinajstić information content (AvgIpc) is 3.19. The van der Waals surface area contributed by atoms with Crippen molar-refractivity contribution in [2.45, 2.75) is 31.1 Å². The molecule has 148 valence electrons. The van der Waals surface area contributed by atoms with E-state index in [9.17, 15) is 9.59 Å². The van der Waals surface area contributed by atoms with Gasteiger partial charge in [0.1, 0.15) is 5.75 Å². The molecule has 1 aliphatic rings. The van der Waals surface area contributed by atoms with Gasteiger partial charge in [-0.15, -0.1) is 0 Å². The summed E-state index contributed by atoms with van der Waals surface area (Å²) >= 11 is 3.46. The van der Waals surface area contributed by atoms with Gasteiger partial charge in [-0.25, -0.2) is 0 Å². The van der Waals surface area contributed by atoms with Gasteiger partial charge in [0.2, 0.25) is 5.91 Å². The molecule has 2 aromatic carbocycles. The lowest BCUT2D eigenvalue weighted by molar-refractivity contribution is -0.130. The summed E-state index contributed by atoms with van der Waals surface area (Å²) in [6, 6.07) is 15.2. The van der Waals surface area contributed by atoms with Crippen molar-refractivity contribution in [2.75, 3.05) is 26.0 Å². The van der Waals surface area contributed by atoms with Crippen molar-refractivity contribution in [1.82, 2.24) is 4.90 Å². The van der Waals surface area contributed by atoms with Crippen LogP contribution in [0.1, 0.15) is 31.2 Å². The quantitative estimate of drug-likeness (QED) is 0.719. The molecule has 0 bridgehead atoms. The van der Waals surface area contributed by atoms with Gasteiger partial charge in [0.15, 0.2) is 6.61 Å². The van der Waals surface area contributed by atoms with Crippen LogP contribution in [0, 0.1) is 0 Å². The van der Waals surface area contributed by atoms with Crippen molar-refractivity contribution < 1.29 is 14.3 Å². The van der Waals surface area contributed by atoms with Gasteiger partial charge in [0.05, 0.1) is 5.41 Å². The Balaban J connectivity index is 1.69. The van der Waals surface area contributed by atoms with Crippen LogP contribution in [0.2, 0.25) is 0 Å². The Labute approximate surface area is 174 Å². The van der Waals surface area contributed by atoms with Crippen LogP contribution in [0.4, 0.5) is 5.69 Å². The van der Waals surface area contributed by atoms with Gasteiger partial charge in [-0.05, 0) is 54.8 Å². The highest BCUT2D eigenvalue weighted by Crippen LogP contribution is 2.42. The van der Waals surface area contributed by atoms with Crippen molar-refractivity contribution in [3.63, 3.8) is 0 Å². The van der Waals surface area contributed by atoms with E-state index in [1.54, 1.807) is 38.4 Å². The molecular weight excluding hydrogens is 420 g/mol. The molecule has 0 radical (unpaired) electrons. The molecule has 0 atom stereocenters. The zero-order valence-electron chi connectivity index (χ0n) is 16.2. The molecule has 0 saturated heterocycles. The van der Waals surface area contributed by atoms with Crippen LogP contribution in [0.25, 0.3) is 0 Å². The number of benzene rings is 2. The molecule has 0 aromatic heterocycles. The van der Waals surface area contributed by atoms with E-state index in [1.165, 1.54) is 4.90 Å². The molecule has 3 rings (SSSR count). The van der Waals surface area contributed by atoms with Gasteiger partial charge in [-0.3, -0.25) is 9.59 Å². The molecule has 0 heterocycles. The van der Waals surface area contributed by atoms with Crippen molar-refractivity contribution in [3.8, 4) is 5.75 Å². The third-order valence-electron chi connectivity index (χ3n) is 5.26. The number of carbonyl (C=O) groups is 2. The molecule has 2 amide bonds. The first-order chi connectivity index (χ1) is 13.4. The molecule has 5 nitrogen and oxygen atoms in total. The maximum atomic E-state index is 13.2. The second kappa shape index (κ2) is 8.78. The first-order valence-electron chi connectivity index (χ1n) is 9.41. The molecule has 2 aromatic rings. The van der Waals surface area contributed by atoms with Gasteiger partial charge in [-0.1, -0.05) is 40.9 Å². The van der Waals surface area contributed by atoms with E-state index in [0.717, 1.165) is 41.4 Å². The molecule has 1 saturated carbocycles. The van der Waals surface area contributed by atoms with E-state index >= 15 is 0 Å². The van der Waals surface area contributed by atoms with Crippen LogP contribution in [0.15, 0.2) is 53.0 Å². The van der Waals surface area contributed by atoms with Gasteiger partial charge >= 0.3 is 0 Å². The van der Waals surface area contributed by atoms with Crippen molar-refractivity contribution >= 4 is 33.4 Å². The van der Waals surface area contributed by atoms with Gasteiger partial charge < -0.3 is 15.0 Å². The number of ether oxygens (including phenoxy) is 1. The van der Waals surface area contributed by atoms with Crippen LogP contribution in [0.3, 0.4) is 0 Å². The zero-order chi connectivity index (χ0) is 20.1. The Morgan fingerprint density at radius 2 is 1.64 bits per heavy atom. The smallest absolute Gasteiger partial charge is 0.259 e. The van der Waals surface area contributed by atoms with Crippen LogP contribution >= 0.6 is 15.9 Å². The minimum atomic E-state index is -0.478. The molecule has 0 spiro atoms. The average molecular weight is 445 g/mol. The standard InChI is InChI=1S/C22H25BrN2O3/c1-25(2)20(26)15-28-19-11-9-18(10-12-19)24-21(27)22(13-3-4-14-22)16-5-7-17(23)8-6-16/h5-12H,3-4,13-15H2,1-2H3,(H,24,27). The topological polar surface area (TPSA) is 58.6 Å². The number of amides is 2. The number of anilines is 1. The van der Waals surface area contributed by atoms with Crippen LogP contribution in [0.5, 0.6) is 5.75 Å². The number of rotatable bonds is 6. The van der Waals surface area contributed by atoms with Gasteiger partial charge in [0, 0.05) is 24.3 Å². The highest BCUT2D eigenvalue weighted by atomic mass is 79.9. The van der Waals surface area contributed by atoms with E-state index in [0.29, 0.717) is 5.75 Å². The first kappa shape index (κ1) is 20.4. The fourth-order valence-electron chi connectivity index (χ4n) is 3.55. The number of hydrogen-bond acceptors (Lipinski definition) is 3. The predicted octanol–water partition coefficient (Wildman–Crippen LogP) is 4.37. The van der Waals surface area contributed by atoms with E-state index in [2.05, 4.69) is 21.2 Å². The van der Waals surface area contributed by atoms with Gasteiger partial charge in [-0.2, -0.15) is 0 Å². The summed E-state index contributed by atoms with van der Waals surface area (Å²) in [5.41, 5.74) is 1.31. The summed E-state index contributed by atoms with van der Waals surface area (Å²) in [4.78, 5) is 26.3. The largest absolute Gasteiger partial charge is 0.484 e. The highest BCUT2D eigenvalue weighted by molar-refractivity contribution is 9.10. The minimum Gasteiger partial charge on any atom is -0.484 e. The molecular formula is C22H25BrN2O3. The lowest BCUT2D eigenvalue weighted by atomic mass is 9.78. The second-order valence-electron chi connectivity index (χ2n) is 7.35. The van der Waals surface area contributed by atoms with Crippen LogP contribution < -0.4 is 10.1 Å². The third-order valence-corrected chi connectivity index (χ3v) is 5.79. The van der Waals surface area contributed by atoms with Crippen molar-refractivity contribution in [2.24, 2.45) is 0 Å². The van der Waals surface area contributed by atoms with Crippen LogP contribution in [-0.4, -0.2) is 37.4 Å². The number of likely N-dealkylation sites (N-methyl/N-ethyl adjacent to an activating group) is 1. The number of hydrogen-bond donors (Lipinski definition) is 1. The Kier molecular flexibility index (Phi) is 6.39. The Hall–Kier alpha value is -2.34. The summed E-state index contributed by atoms with van der Waals surface area (Å²) in [5, 5.41) is 3.07. The maximum Gasteiger partial charge on any atom is 0.259 e. The Morgan fingerprint density at radius 1 is 1.04 bits per heavy atom. The number of carbonyl (C=O) groups excluding carboxylic acids is 2. The summed E-state index contributed by atoms with van der Waals surface area (Å²) < 4.78 is 6.49. The molecule has 1 aliphatic carbocycles. The lowest BCUT2D eigenvalue weighted by Gasteiger charge is -2.28. The number of nitrogens with zero attached hydrogens (tertiary/aromatic N) is 1. The van der Waals surface area contributed by atoms with E-state index in [1.807, 2.05) is 24.3 Å². The molecule has 0 unspecified atom stereocenters. The lowest BCUT2D eigenvalue weighted by Crippen LogP contribution is -2.37. The molecule has 6 heteroatoms. The monoisotopic (exact) mass is 444 g/mol. The first-order valence-corrected chi connectivity index (χ1v) is 10.2. The Morgan fingerprint density at radius 3 is 2.21 bits per heavy atom. The van der Waals surface area contributed by atoms with Crippen molar-refractivity contribution in [1.29, 1.82) is 0 Å². The SMILES string of the molecule is CN(C)C(=O)COc1ccc(NC(=O)C2(c3ccc(Br)cc3)CCCC2)cc1. The summed E-state index contributed by atoms with van der Waals surface area (Å²) in [7, 11) is 3.38. The van der Waals surface area contributed by atoms with E-state index < -0.39 is 5.41 Å². The normalized spacial score (nSPS) is 15.1. The molecule has 0 aliphatic heterocycles. The Bertz CT molecular complexity index is 826. The second-order valence-corrected chi connectivity index (χ2v) is 8.27. The van der Waals surface area contributed by atoms with Crippen molar-refractivity contribution in [3.05, 3.63) is 58.6 Å². The molecule has 1 N–H and O–H groups in total. The maximum absolute atomic E-state index is 13.2. The summed E-state index contributed by atoms with van der Waals surface area (Å²) in [6.07, 6.45) is 3.81. The summed E-state index contributed by atoms with van der Waals surface area (Å²) in [6.45, 7) is -0.00855. The highest BCUT2D eigenvalue weighted by Gasteiger charge is 2.42. The number of halogens is 1. The van der Waals surface area contributed by atoms with E-state index in [4.69, 9.17) is 4.74 Å². The molecule has 1 fully saturated rings. The fraction of sp³-hybridized carbons (Fsp3) is 0.364. The van der Waals surface area contributed by atoms with E-state index in [-0.39, 0.29) is 18.4 Å². The minimum absolute atomic E-state index is 0.00855. The van der Waals surface area contributed by atoms with Crippen LogP contribution in [-0.2, 0) is 15.0 Å². The number of nitrogens with one attached hydrogen (secondary N) is 1.